The normalized spacial score (nSPS) is 10.2. The second-order valence-corrected chi connectivity index (χ2v) is 5.43. The van der Waals surface area contributed by atoms with Crippen LogP contribution in [-0.4, -0.2) is 22.4 Å². The lowest BCUT2D eigenvalue weighted by Crippen LogP contribution is -2.16. The van der Waals surface area contributed by atoms with Gasteiger partial charge in [-0.1, -0.05) is 12.1 Å². The molecule has 0 saturated carbocycles. The number of nitrogens with one attached hydrogen (secondary N) is 2. The molecule has 0 saturated heterocycles. The van der Waals surface area contributed by atoms with Gasteiger partial charge in [-0.3, -0.25) is 4.79 Å². The Morgan fingerprint density at radius 3 is 2.75 bits per heavy atom. The predicted molar refractivity (Wildman–Crippen MR) is 86.0 cm³/mol. The summed E-state index contributed by atoms with van der Waals surface area (Å²) in [6, 6.07) is 7.32. The van der Waals surface area contributed by atoms with Crippen LogP contribution < -0.4 is 10.6 Å². The number of para-hydroxylation sites is 1. The molecule has 0 unspecified atom stereocenters. The zero-order chi connectivity index (χ0) is 14.5. The Balaban J connectivity index is 2.24. The number of halogens is 2. The smallest absolute Gasteiger partial charge is 0.258 e. The predicted octanol–water partition coefficient (Wildman–Crippen LogP) is 3.69. The number of nitrogens with zero attached hydrogens (tertiary/aromatic N) is 2. The average molecular weight is 400 g/mol. The molecule has 0 fully saturated rings. The standard InChI is InChI=1S/C13H12Br2N4O/c1-2-16-9-6-4-3-5-8(9)13(20)19-12-11(15)18-10(14)7-17-12/h3-7,16H,2H2,1H3,(H,17,19,20). The molecule has 0 aliphatic carbocycles. The molecule has 2 N–H and O–H groups in total. The van der Waals surface area contributed by atoms with Crippen LogP contribution >= 0.6 is 31.9 Å². The van der Waals surface area contributed by atoms with Crippen molar-refractivity contribution in [1.82, 2.24) is 9.97 Å². The fourth-order valence-electron chi connectivity index (χ4n) is 1.63. The average Bonchev–Trinajstić information content (AvgIpc) is 2.43. The Bertz CT molecular complexity index is 634. The second kappa shape index (κ2) is 6.81. The van der Waals surface area contributed by atoms with Gasteiger partial charge in [0.05, 0.1) is 11.8 Å². The maximum atomic E-state index is 12.3. The zero-order valence-electron chi connectivity index (χ0n) is 10.7. The minimum Gasteiger partial charge on any atom is -0.385 e. The first-order valence-corrected chi connectivity index (χ1v) is 7.52. The van der Waals surface area contributed by atoms with Crippen LogP contribution in [0.2, 0.25) is 0 Å². The molecule has 0 aliphatic rings. The third-order valence-corrected chi connectivity index (χ3v) is 3.41. The van der Waals surface area contributed by atoms with Crippen molar-refractivity contribution in [2.24, 2.45) is 0 Å². The fourth-order valence-corrected chi connectivity index (χ4v) is 2.54. The van der Waals surface area contributed by atoms with Crippen molar-refractivity contribution in [3.05, 3.63) is 45.2 Å². The molecular weight excluding hydrogens is 388 g/mol. The summed E-state index contributed by atoms with van der Waals surface area (Å²) in [6.07, 6.45) is 1.52. The van der Waals surface area contributed by atoms with Crippen molar-refractivity contribution >= 4 is 49.3 Å². The van der Waals surface area contributed by atoms with E-state index in [2.05, 4.69) is 52.5 Å². The SMILES string of the molecule is CCNc1ccccc1C(=O)Nc1ncc(Br)nc1Br. The van der Waals surface area contributed by atoms with Gasteiger partial charge in [0, 0.05) is 12.2 Å². The number of carbonyl (C=O) groups excluding carboxylic acids is 1. The molecule has 2 rings (SSSR count). The van der Waals surface area contributed by atoms with Crippen LogP contribution in [0.5, 0.6) is 0 Å². The van der Waals surface area contributed by atoms with E-state index in [0.29, 0.717) is 20.6 Å². The molecule has 7 heteroatoms. The highest BCUT2D eigenvalue weighted by molar-refractivity contribution is 9.11. The van der Waals surface area contributed by atoms with E-state index in [9.17, 15) is 4.79 Å². The summed E-state index contributed by atoms with van der Waals surface area (Å²) in [6.45, 7) is 2.72. The molecule has 1 aromatic heterocycles. The molecular formula is C13H12Br2N4O. The van der Waals surface area contributed by atoms with E-state index in [1.165, 1.54) is 6.20 Å². The molecule has 0 bridgehead atoms. The van der Waals surface area contributed by atoms with Crippen molar-refractivity contribution < 1.29 is 4.79 Å². The first-order valence-electron chi connectivity index (χ1n) is 5.94. The summed E-state index contributed by atoms with van der Waals surface area (Å²) in [4.78, 5) is 20.5. The number of aromatic nitrogens is 2. The summed E-state index contributed by atoms with van der Waals surface area (Å²) in [5.41, 5.74) is 1.35. The minimum absolute atomic E-state index is 0.237. The van der Waals surface area contributed by atoms with E-state index in [1.807, 2.05) is 25.1 Å². The van der Waals surface area contributed by atoms with E-state index in [0.717, 1.165) is 12.2 Å². The van der Waals surface area contributed by atoms with Crippen LogP contribution in [-0.2, 0) is 0 Å². The molecule has 1 amide bonds. The van der Waals surface area contributed by atoms with Crippen molar-refractivity contribution in [3.63, 3.8) is 0 Å². The van der Waals surface area contributed by atoms with E-state index < -0.39 is 0 Å². The van der Waals surface area contributed by atoms with Gasteiger partial charge in [0.15, 0.2) is 5.82 Å². The highest BCUT2D eigenvalue weighted by Crippen LogP contribution is 2.21. The van der Waals surface area contributed by atoms with Crippen LogP contribution in [0.3, 0.4) is 0 Å². The Labute approximate surface area is 133 Å². The highest BCUT2D eigenvalue weighted by Gasteiger charge is 2.13. The summed E-state index contributed by atoms with van der Waals surface area (Å²) in [5.74, 6) is 0.142. The minimum atomic E-state index is -0.237. The van der Waals surface area contributed by atoms with Gasteiger partial charge >= 0.3 is 0 Å². The van der Waals surface area contributed by atoms with Crippen LogP contribution in [0.15, 0.2) is 39.7 Å². The largest absolute Gasteiger partial charge is 0.385 e. The second-order valence-electron chi connectivity index (χ2n) is 3.86. The maximum absolute atomic E-state index is 12.3. The molecule has 0 spiro atoms. The van der Waals surface area contributed by atoms with Gasteiger partial charge in [-0.05, 0) is 50.9 Å². The topological polar surface area (TPSA) is 66.9 Å². The first-order chi connectivity index (χ1) is 9.61. The molecule has 20 heavy (non-hydrogen) atoms. The quantitative estimate of drug-likeness (QED) is 0.822. The number of anilines is 2. The van der Waals surface area contributed by atoms with Gasteiger partial charge in [0.2, 0.25) is 0 Å². The van der Waals surface area contributed by atoms with Gasteiger partial charge in [-0.25, -0.2) is 9.97 Å². The highest BCUT2D eigenvalue weighted by atomic mass is 79.9. The van der Waals surface area contributed by atoms with Gasteiger partial charge in [-0.15, -0.1) is 0 Å². The number of rotatable bonds is 4. The summed E-state index contributed by atoms with van der Waals surface area (Å²) in [5, 5.41) is 5.88. The number of amides is 1. The van der Waals surface area contributed by atoms with Crippen LogP contribution in [0, 0.1) is 0 Å². The van der Waals surface area contributed by atoms with Crippen LogP contribution in [0.25, 0.3) is 0 Å². The number of hydrogen-bond acceptors (Lipinski definition) is 4. The first kappa shape index (κ1) is 14.9. The van der Waals surface area contributed by atoms with Crippen molar-refractivity contribution in [2.45, 2.75) is 6.92 Å². The van der Waals surface area contributed by atoms with Gasteiger partial charge in [0.1, 0.15) is 9.21 Å². The van der Waals surface area contributed by atoms with E-state index >= 15 is 0 Å². The third-order valence-electron chi connectivity index (χ3n) is 2.47. The lowest BCUT2D eigenvalue weighted by Gasteiger charge is -2.11. The zero-order valence-corrected chi connectivity index (χ0v) is 13.8. The summed E-state index contributed by atoms with van der Waals surface area (Å²) in [7, 11) is 0. The molecule has 0 atom stereocenters. The Morgan fingerprint density at radius 1 is 1.30 bits per heavy atom. The van der Waals surface area contributed by atoms with Crippen molar-refractivity contribution in [3.8, 4) is 0 Å². The number of hydrogen-bond donors (Lipinski definition) is 2. The van der Waals surface area contributed by atoms with E-state index in [-0.39, 0.29) is 5.91 Å². The molecule has 104 valence electrons. The molecule has 0 radical (unpaired) electrons. The Kier molecular flexibility index (Phi) is 5.08. The van der Waals surface area contributed by atoms with E-state index in [4.69, 9.17) is 0 Å². The molecule has 2 aromatic rings. The van der Waals surface area contributed by atoms with Gasteiger partial charge in [0.25, 0.3) is 5.91 Å². The van der Waals surface area contributed by atoms with Crippen LogP contribution in [0.4, 0.5) is 11.5 Å². The Morgan fingerprint density at radius 2 is 2.05 bits per heavy atom. The summed E-state index contributed by atoms with van der Waals surface area (Å²) < 4.78 is 1.07. The molecule has 0 aliphatic heterocycles. The monoisotopic (exact) mass is 398 g/mol. The van der Waals surface area contributed by atoms with Crippen molar-refractivity contribution in [2.75, 3.05) is 17.2 Å². The Hall–Kier alpha value is -1.47. The molecule has 1 heterocycles. The third kappa shape index (κ3) is 3.55. The molecule has 5 nitrogen and oxygen atoms in total. The lowest BCUT2D eigenvalue weighted by atomic mass is 10.1. The van der Waals surface area contributed by atoms with Crippen LogP contribution in [0.1, 0.15) is 17.3 Å². The fraction of sp³-hybridized carbons (Fsp3) is 0.154. The van der Waals surface area contributed by atoms with Gasteiger partial charge < -0.3 is 10.6 Å². The maximum Gasteiger partial charge on any atom is 0.258 e. The van der Waals surface area contributed by atoms with Gasteiger partial charge in [-0.2, -0.15) is 0 Å². The summed E-state index contributed by atoms with van der Waals surface area (Å²) >= 11 is 6.48. The number of benzene rings is 1. The van der Waals surface area contributed by atoms with Crippen molar-refractivity contribution in [1.29, 1.82) is 0 Å². The number of carbonyl (C=O) groups is 1. The lowest BCUT2D eigenvalue weighted by molar-refractivity contribution is 0.102. The molecule has 1 aromatic carbocycles. The van der Waals surface area contributed by atoms with E-state index in [1.54, 1.807) is 6.07 Å².